The number of para-hydroxylation sites is 1. The maximum absolute atomic E-state index is 13.4. The minimum Gasteiger partial charge on any atom is -0.497 e. The fourth-order valence-corrected chi connectivity index (χ4v) is 4.94. The number of hydrogen-bond acceptors (Lipinski definition) is 2. The monoisotopic (exact) mass is 411 g/mol. The zero-order valence-corrected chi connectivity index (χ0v) is 18.6. The average Bonchev–Trinajstić information content (AvgIpc) is 2.78. The quantitative estimate of drug-likeness (QED) is 0.476. The van der Waals surface area contributed by atoms with Crippen LogP contribution in [0, 0.1) is 0 Å². The predicted octanol–water partition coefficient (Wildman–Crippen LogP) is 6.23. The highest BCUT2D eigenvalue weighted by molar-refractivity contribution is 6.06. The Kier molecular flexibility index (Phi) is 5.45. The van der Waals surface area contributed by atoms with Crippen LogP contribution in [0.1, 0.15) is 43.9 Å². The highest BCUT2D eigenvalue weighted by Gasteiger charge is 2.47. The molecule has 0 saturated carbocycles. The summed E-state index contributed by atoms with van der Waals surface area (Å²) in [6, 6.07) is 26.6. The van der Waals surface area contributed by atoms with Crippen molar-refractivity contribution in [2.24, 2.45) is 0 Å². The van der Waals surface area contributed by atoms with Gasteiger partial charge in [0.05, 0.1) is 7.11 Å². The lowest BCUT2D eigenvalue weighted by molar-refractivity contribution is -0.115. The molecular formula is C28H29NO2. The van der Waals surface area contributed by atoms with E-state index in [2.05, 4.69) is 63.2 Å². The van der Waals surface area contributed by atoms with Crippen molar-refractivity contribution < 1.29 is 9.53 Å². The van der Waals surface area contributed by atoms with Gasteiger partial charge in [-0.1, -0.05) is 67.6 Å². The van der Waals surface area contributed by atoms with Crippen molar-refractivity contribution in [3.63, 3.8) is 0 Å². The van der Waals surface area contributed by atoms with E-state index in [-0.39, 0.29) is 16.9 Å². The Morgan fingerprint density at radius 3 is 2.23 bits per heavy atom. The van der Waals surface area contributed by atoms with Crippen molar-refractivity contribution >= 4 is 17.7 Å². The van der Waals surface area contributed by atoms with E-state index in [0.29, 0.717) is 0 Å². The summed E-state index contributed by atoms with van der Waals surface area (Å²) in [6.45, 7) is 6.60. The molecule has 1 aliphatic rings. The van der Waals surface area contributed by atoms with Crippen molar-refractivity contribution in [1.29, 1.82) is 0 Å². The molecular weight excluding hydrogens is 382 g/mol. The van der Waals surface area contributed by atoms with Crippen LogP contribution >= 0.6 is 0 Å². The molecule has 3 nitrogen and oxygen atoms in total. The predicted molar refractivity (Wildman–Crippen MR) is 128 cm³/mol. The molecule has 0 spiro atoms. The number of amides is 1. The fraction of sp³-hybridized carbons (Fsp3) is 0.250. The van der Waals surface area contributed by atoms with Crippen LogP contribution in [-0.4, -0.2) is 18.6 Å². The average molecular weight is 412 g/mol. The molecule has 31 heavy (non-hydrogen) atoms. The molecule has 4 rings (SSSR count). The maximum Gasteiger partial charge on any atom is 0.251 e. The molecule has 1 heterocycles. The highest BCUT2D eigenvalue weighted by atomic mass is 16.5. The first-order chi connectivity index (χ1) is 14.8. The number of carbonyl (C=O) groups is 1. The summed E-state index contributed by atoms with van der Waals surface area (Å²) in [6.07, 6.45) is 4.38. The molecule has 3 heteroatoms. The molecule has 0 saturated heterocycles. The van der Waals surface area contributed by atoms with E-state index in [9.17, 15) is 4.79 Å². The normalized spacial score (nSPS) is 19.8. The third kappa shape index (κ3) is 3.88. The molecule has 0 N–H and O–H groups in total. The van der Waals surface area contributed by atoms with Crippen molar-refractivity contribution in [2.45, 2.75) is 38.1 Å². The van der Waals surface area contributed by atoms with E-state index in [0.717, 1.165) is 23.4 Å². The zero-order chi connectivity index (χ0) is 22.1. The molecule has 0 radical (unpaired) electrons. The molecule has 0 aliphatic carbocycles. The molecule has 0 unspecified atom stereocenters. The summed E-state index contributed by atoms with van der Waals surface area (Å²) in [4.78, 5) is 15.4. The molecule has 1 aliphatic heterocycles. The molecule has 1 amide bonds. The van der Waals surface area contributed by atoms with Gasteiger partial charge in [-0.15, -0.1) is 0 Å². The van der Waals surface area contributed by atoms with E-state index in [1.165, 1.54) is 11.1 Å². The molecule has 158 valence electrons. The number of nitrogens with zero attached hydrogens (tertiary/aromatic N) is 1. The van der Waals surface area contributed by atoms with Crippen LogP contribution < -0.4 is 9.64 Å². The third-order valence-electron chi connectivity index (χ3n) is 6.30. The van der Waals surface area contributed by atoms with Gasteiger partial charge in [0.1, 0.15) is 5.75 Å². The molecule has 1 atom stereocenters. The lowest BCUT2D eigenvalue weighted by Gasteiger charge is -2.51. The number of methoxy groups -OCH3 is 1. The lowest BCUT2D eigenvalue weighted by atomic mass is 9.65. The Bertz CT molecular complexity index is 1100. The number of benzene rings is 3. The zero-order valence-electron chi connectivity index (χ0n) is 18.6. The van der Waals surface area contributed by atoms with Crippen molar-refractivity contribution in [3.05, 3.63) is 102 Å². The van der Waals surface area contributed by atoms with Crippen molar-refractivity contribution in [2.75, 3.05) is 12.0 Å². The second-order valence-corrected chi connectivity index (χ2v) is 8.98. The van der Waals surface area contributed by atoms with E-state index in [1.807, 2.05) is 47.4 Å². The van der Waals surface area contributed by atoms with E-state index >= 15 is 0 Å². The first kappa shape index (κ1) is 20.9. The summed E-state index contributed by atoms with van der Waals surface area (Å²) in [5.74, 6) is 0.790. The van der Waals surface area contributed by atoms with Gasteiger partial charge in [-0.2, -0.15) is 0 Å². The number of ether oxygens (including phenoxy) is 1. The first-order valence-electron chi connectivity index (χ1n) is 10.7. The third-order valence-corrected chi connectivity index (χ3v) is 6.30. The van der Waals surface area contributed by atoms with Crippen LogP contribution in [0.15, 0.2) is 84.9 Å². The topological polar surface area (TPSA) is 29.5 Å². The molecule has 0 fully saturated rings. The highest BCUT2D eigenvalue weighted by Crippen LogP contribution is 2.50. The Morgan fingerprint density at radius 2 is 1.55 bits per heavy atom. The van der Waals surface area contributed by atoms with Gasteiger partial charge in [-0.05, 0) is 61.2 Å². The van der Waals surface area contributed by atoms with Crippen LogP contribution in [0.25, 0.3) is 6.08 Å². The summed E-state index contributed by atoms with van der Waals surface area (Å²) < 4.78 is 5.21. The Morgan fingerprint density at radius 1 is 0.903 bits per heavy atom. The second-order valence-electron chi connectivity index (χ2n) is 8.98. The summed E-state index contributed by atoms with van der Waals surface area (Å²) in [5.41, 5.74) is 3.89. The Labute approximate surface area is 185 Å². The van der Waals surface area contributed by atoms with Gasteiger partial charge in [0.25, 0.3) is 5.91 Å². The Hall–Kier alpha value is -3.33. The van der Waals surface area contributed by atoms with E-state index < -0.39 is 0 Å². The van der Waals surface area contributed by atoms with Crippen molar-refractivity contribution in [3.8, 4) is 5.75 Å². The minimum atomic E-state index is -0.347. The van der Waals surface area contributed by atoms with Crippen molar-refractivity contribution in [1.82, 2.24) is 0 Å². The largest absolute Gasteiger partial charge is 0.497 e. The summed E-state index contributed by atoms with van der Waals surface area (Å²) in [5, 5.41) is 0. The van der Waals surface area contributed by atoms with Crippen LogP contribution in [0.4, 0.5) is 5.69 Å². The van der Waals surface area contributed by atoms with Gasteiger partial charge in [-0.25, -0.2) is 0 Å². The number of fused-ring (bicyclic) bond motifs is 1. The first-order valence-corrected chi connectivity index (χ1v) is 10.7. The van der Waals surface area contributed by atoms with Crippen LogP contribution in [-0.2, 0) is 10.2 Å². The fourth-order valence-electron chi connectivity index (χ4n) is 4.94. The number of carbonyl (C=O) groups excluding carboxylic acids is 1. The van der Waals surface area contributed by atoms with Gasteiger partial charge in [0, 0.05) is 22.7 Å². The second kappa shape index (κ2) is 8.07. The van der Waals surface area contributed by atoms with Crippen LogP contribution in [0.3, 0.4) is 0 Å². The van der Waals surface area contributed by atoms with Gasteiger partial charge in [0.2, 0.25) is 0 Å². The van der Waals surface area contributed by atoms with Gasteiger partial charge >= 0.3 is 0 Å². The molecule has 3 aromatic carbocycles. The molecule has 0 aromatic heterocycles. The number of rotatable bonds is 4. The van der Waals surface area contributed by atoms with Gasteiger partial charge in [0.15, 0.2) is 0 Å². The Balaban J connectivity index is 1.72. The summed E-state index contributed by atoms with van der Waals surface area (Å²) in [7, 11) is 1.65. The van der Waals surface area contributed by atoms with E-state index in [4.69, 9.17) is 4.74 Å². The number of anilines is 1. The SMILES string of the molecule is COc1ccc(/C=C/C(=O)N2c3ccccc3[C@@](C)(c3ccccc3)CC2(C)C)cc1. The van der Waals surface area contributed by atoms with Gasteiger partial charge in [-0.3, -0.25) is 4.79 Å². The minimum absolute atomic E-state index is 0.0108. The number of hydrogen-bond donors (Lipinski definition) is 0. The standard InChI is InChI=1S/C28H29NO2/c1-27(2)20-28(3,22-10-6-5-7-11-22)24-12-8-9-13-25(24)29(27)26(30)19-16-21-14-17-23(31-4)18-15-21/h5-19H,20H2,1-4H3/b19-16+/t28-/m1/s1. The lowest BCUT2D eigenvalue weighted by Crippen LogP contribution is -2.55. The summed E-state index contributed by atoms with van der Waals surface area (Å²) >= 11 is 0. The van der Waals surface area contributed by atoms with Crippen LogP contribution in [0.5, 0.6) is 5.75 Å². The van der Waals surface area contributed by atoms with Gasteiger partial charge < -0.3 is 9.64 Å². The van der Waals surface area contributed by atoms with Crippen LogP contribution in [0.2, 0.25) is 0 Å². The molecule has 3 aromatic rings. The molecule has 0 bridgehead atoms. The maximum atomic E-state index is 13.4. The smallest absolute Gasteiger partial charge is 0.251 e. The van der Waals surface area contributed by atoms with E-state index in [1.54, 1.807) is 13.2 Å².